The van der Waals surface area contributed by atoms with Crippen LogP contribution >= 0.6 is 11.8 Å². The molecule has 0 radical (unpaired) electrons. The average Bonchev–Trinajstić information content (AvgIpc) is 2.51. The van der Waals surface area contributed by atoms with Crippen molar-refractivity contribution in [1.82, 2.24) is 5.32 Å². The average molecular weight is 430 g/mol. The summed E-state index contributed by atoms with van der Waals surface area (Å²) in [7, 11) is 0. The fraction of sp³-hybridized carbons (Fsp3) is 0.864. The van der Waals surface area contributed by atoms with Crippen molar-refractivity contribution in [2.45, 2.75) is 98.3 Å². The van der Waals surface area contributed by atoms with Gasteiger partial charge in [0, 0.05) is 12.8 Å². The molecule has 1 heterocycles. The Morgan fingerprint density at radius 3 is 2.00 bits per heavy atom. The third-order valence-corrected chi connectivity index (χ3v) is 5.34. The quantitative estimate of drug-likeness (QED) is 0.380. The first-order valence-corrected chi connectivity index (χ1v) is 11.7. The molecule has 0 aromatic rings. The molecule has 29 heavy (non-hydrogen) atoms. The van der Waals surface area contributed by atoms with Crippen LogP contribution in [0.1, 0.15) is 81.1 Å². The normalized spacial score (nSPS) is 16.4. The van der Waals surface area contributed by atoms with E-state index in [1.165, 1.54) is 18.2 Å². The Morgan fingerprint density at radius 2 is 1.52 bits per heavy atom. The van der Waals surface area contributed by atoms with E-state index < -0.39 is 17.3 Å². The maximum atomic E-state index is 12.5. The Balaban J connectivity index is 3.03. The van der Waals surface area contributed by atoms with Crippen LogP contribution in [0, 0.1) is 5.92 Å². The van der Waals surface area contributed by atoms with Crippen LogP contribution in [0.15, 0.2) is 0 Å². The maximum Gasteiger partial charge on any atom is 0.408 e. The number of thioether (sulfide) groups is 1. The molecule has 0 bridgehead atoms. The number of carbonyl (C=O) groups excluding carboxylic acids is 2. The van der Waals surface area contributed by atoms with E-state index in [9.17, 15) is 9.59 Å². The topological polar surface area (TPSA) is 67.6 Å². The van der Waals surface area contributed by atoms with E-state index in [1.54, 1.807) is 0 Å². The molecule has 168 valence electrons. The van der Waals surface area contributed by atoms with Crippen LogP contribution in [0.4, 0.5) is 4.79 Å². The maximum absolute atomic E-state index is 12.5. The van der Waals surface area contributed by atoms with Gasteiger partial charge in [-0.15, -0.1) is 0 Å². The minimum absolute atomic E-state index is 0.185. The van der Waals surface area contributed by atoms with Gasteiger partial charge in [0.2, 0.25) is 5.04 Å². The predicted octanol–water partition coefficient (Wildman–Crippen LogP) is 4.60. The Kier molecular flexibility index (Phi) is 9.99. The van der Waals surface area contributed by atoms with Gasteiger partial charge in [-0.1, -0.05) is 13.8 Å². The Bertz CT molecular complexity index is 581. The number of hydrogen-bond acceptors (Lipinski definition) is 5. The second-order valence-corrected chi connectivity index (χ2v) is 11.1. The lowest BCUT2D eigenvalue weighted by molar-refractivity contribution is -0.536. The van der Waals surface area contributed by atoms with Crippen molar-refractivity contribution in [3.05, 3.63) is 0 Å². The molecule has 0 unspecified atom stereocenters. The van der Waals surface area contributed by atoms with Gasteiger partial charge in [-0.05, 0) is 72.1 Å². The van der Waals surface area contributed by atoms with Crippen molar-refractivity contribution >= 4 is 28.9 Å². The molecule has 1 N–H and O–H groups in total. The Hall–Kier alpha value is -1.24. The van der Waals surface area contributed by atoms with Crippen molar-refractivity contribution in [1.29, 1.82) is 0 Å². The van der Waals surface area contributed by atoms with Crippen LogP contribution in [-0.4, -0.2) is 57.8 Å². The number of rotatable bonds is 6. The largest absolute Gasteiger partial charge is 0.459 e. The summed E-state index contributed by atoms with van der Waals surface area (Å²) < 4.78 is 13.3. The second kappa shape index (κ2) is 11.2. The van der Waals surface area contributed by atoms with Crippen molar-refractivity contribution in [2.75, 3.05) is 18.8 Å². The first-order chi connectivity index (χ1) is 13.3. The van der Waals surface area contributed by atoms with Gasteiger partial charge < -0.3 is 14.8 Å². The van der Waals surface area contributed by atoms with Gasteiger partial charge in [0.1, 0.15) is 36.1 Å². The van der Waals surface area contributed by atoms with Gasteiger partial charge in [-0.2, -0.15) is 0 Å². The second-order valence-electron chi connectivity index (χ2n) is 10.1. The van der Waals surface area contributed by atoms with E-state index in [0.29, 0.717) is 5.92 Å². The zero-order valence-corrected chi connectivity index (χ0v) is 20.4. The van der Waals surface area contributed by atoms with Gasteiger partial charge in [0.05, 0.1) is 0 Å². The minimum Gasteiger partial charge on any atom is -0.459 e. The van der Waals surface area contributed by atoms with E-state index in [2.05, 4.69) is 23.7 Å². The number of alkyl carbamates (subject to hydrolysis) is 1. The Morgan fingerprint density at radius 1 is 0.966 bits per heavy atom. The third kappa shape index (κ3) is 11.5. The van der Waals surface area contributed by atoms with Gasteiger partial charge >= 0.3 is 12.1 Å². The number of hydrogen-bond donors (Lipinski definition) is 1. The predicted molar refractivity (Wildman–Crippen MR) is 120 cm³/mol. The standard InChI is InChI=1S/C22H40N2O4S/c1-16(2)14-17(23-20(26)28-22(6,7)8)19(24-12-10-9-11-13-24)29-15-18(25)27-21(3,4)5/h16-17H,9-15H2,1-8H3/p+1/t17-/m0/s1. The highest BCUT2D eigenvalue weighted by Crippen LogP contribution is 2.20. The zero-order chi connectivity index (χ0) is 22.2. The third-order valence-electron chi connectivity index (χ3n) is 4.12. The van der Waals surface area contributed by atoms with Crippen LogP contribution in [0.25, 0.3) is 0 Å². The first kappa shape index (κ1) is 25.8. The molecule has 0 saturated carbocycles. The van der Waals surface area contributed by atoms with Crippen LogP contribution in [0.2, 0.25) is 0 Å². The van der Waals surface area contributed by atoms with Crippen LogP contribution < -0.4 is 5.32 Å². The number of piperidine rings is 1. The van der Waals surface area contributed by atoms with Crippen LogP contribution in [0.5, 0.6) is 0 Å². The summed E-state index contributed by atoms with van der Waals surface area (Å²) in [6.45, 7) is 17.3. The van der Waals surface area contributed by atoms with Crippen molar-refractivity contribution in [3.63, 3.8) is 0 Å². The van der Waals surface area contributed by atoms with Crippen molar-refractivity contribution < 1.29 is 23.6 Å². The Labute approximate surface area is 181 Å². The number of nitrogens with one attached hydrogen (secondary N) is 1. The van der Waals surface area contributed by atoms with E-state index in [4.69, 9.17) is 9.47 Å². The van der Waals surface area contributed by atoms with E-state index in [-0.39, 0.29) is 17.8 Å². The molecule has 1 aliphatic rings. The summed E-state index contributed by atoms with van der Waals surface area (Å²) >= 11 is 1.48. The number of carbonyl (C=O) groups is 2. The lowest BCUT2D eigenvalue weighted by atomic mass is 10.0. The summed E-state index contributed by atoms with van der Waals surface area (Å²) in [5.41, 5.74) is -1.06. The molecule has 0 aromatic carbocycles. The monoisotopic (exact) mass is 429 g/mol. The summed E-state index contributed by atoms with van der Waals surface area (Å²) in [6, 6.07) is -0.185. The fourth-order valence-corrected chi connectivity index (χ4v) is 4.22. The molecule has 1 rings (SSSR count). The molecule has 7 heteroatoms. The molecule has 0 spiro atoms. The summed E-state index contributed by atoms with van der Waals surface area (Å²) in [6.07, 6.45) is 3.83. The molecule has 0 aliphatic carbocycles. The highest BCUT2D eigenvalue weighted by atomic mass is 32.2. The van der Waals surface area contributed by atoms with Crippen molar-refractivity contribution in [3.8, 4) is 0 Å². The van der Waals surface area contributed by atoms with Crippen LogP contribution in [0.3, 0.4) is 0 Å². The minimum atomic E-state index is -0.554. The summed E-state index contributed by atoms with van der Waals surface area (Å²) in [5.74, 6) is 0.377. The molecular formula is C22H41N2O4S+. The lowest BCUT2D eigenvalue weighted by Crippen LogP contribution is -2.47. The van der Waals surface area contributed by atoms with Crippen molar-refractivity contribution in [2.24, 2.45) is 5.92 Å². The molecule has 1 atom stereocenters. The van der Waals surface area contributed by atoms with Gasteiger partial charge in [0.25, 0.3) is 0 Å². The lowest BCUT2D eigenvalue weighted by Gasteiger charge is -2.26. The number of nitrogens with zero attached hydrogens (tertiary/aromatic N) is 1. The first-order valence-electron chi connectivity index (χ1n) is 10.7. The van der Waals surface area contributed by atoms with E-state index in [0.717, 1.165) is 37.4 Å². The number of esters is 1. The highest BCUT2D eigenvalue weighted by Gasteiger charge is 2.32. The molecule has 1 saturated heterocycles. The number of amides is 1. The number of ether oxygens (including phenoxy) is 2. The fourth-order valence-electron chi connectivity index (χ4n) is 3.17. The van der Waals surface area contributed by atoms with E-state index in [1.807, 2.05) is 41.5 Å². The highest BCUT2D eigenvalue weighted by molar-refractivity contribution is 8.14. The summed E-state index contributed by atoms with van der Waals surface area (Å²) in [4.78, 5) is 24.8. The molecule has 0 aromatic heterocycles. The van der Waals surface area contributed by atoms with Crippen LogP contribution in [-0.2, 0) is 14.3 Å². The smallest absolute Gasteiger partial charge is 0.408 e. The molecule has 1 fully saturated rings. The molecular weight excluding hydrogens is 388 g/mol. The van der Waals surface area contributed by atoms with E-state index >= 15 is 0 Å². The molecule has 1 amide bonds. The van der Waals surface area contributed by atoms with Gasteiger partial charge in [0.15, 0.2) is 0 Å². The molecule has 1 aliphatic heterocycles. The summed E-state index contributed by atoms with van der Waals surface area (Å²) in [5, 5.41) is 4.10. The molecule has 6 nitrogen and oxygen atoms in total. The van der Waals surface area contributed by atoms with Gasteiger partial charge in [-0.3, -0.25) is 4.79 Å². The SMILES string of the molecule is CC(C)C[C@H](NC(=O)OC(C)(C)C)C(SCC(=O)OC(C)(C)C)=[N+]1CCCCC1. The zero-order valence-electron chi connectivity index (χ0n) is 19.6. The van der Waals surface area contributed by atoms with Gasteiger partial charge in [-0.25, -0.2) is 9.37 Å².